The molecule has 0 aliphatic carbocycles. The maximum Gasteiger partial charge on any atom is 0.259 e. The van der Waals surface area contributed by atoms with Crippen molar-refractivity contribution in [2.75, 3.05) is 24.9 Å². The van der Waals surface area contributed by atoms with Gasteiger partial charge in [-0.1, -0.05) is 36.4 Å². The van der Waals surface area contributed by atoms with Gasteiger partial charge in [0, 0.05) is 28.4 Å². The summed E-state index contributed by atoms with van der Waals surface area (Å²) in [7, 11) is 3.11. The number of hydrogen-bond donors (Lipinski definition) is 3. The number of benzene rings is 5. The van der Waals surface area contributed by atoms with E-state index in [2.05, 4.69) is 20.9 Å². The van der Waals surface area contributed by atoms with Gasteiger partial charge in [-0.15, -0.1) is 5.11 Å². The molecule has 204 valence electrons. The molecule has 5 rings (SSSR count). The largest absolute Gasteiger partial charge is 0.505 e. The number of nitrogens with one attached hydrogen (secondary N) is 2. The van der Waals surface area contributed by atoms with Crippen LogP contribution in [0.2, 0.25) is 0 Å². The highest BCUT2D eigenvalue weighted by Gasteiger charge is 2.19. The fourth-order valence-corrected chi connectivity index (χ4v) is 4.19. The minimum atomic E-state index is -0.518. The number of anilines is 2. The van der Waals surface area contributed by atoms with Crippen LogP contribution in [-0.2, 0) is 0 Å². The lowest BCUT2D eigenvalue weighted by Crippen LogP contribution is -2.12. The highest BCUT2D eigenvalue weighted by molar-refractivity contribution is 6.11. The highest BCUT2D eigenvalue weighted by atomic mass is 16.5. The van der Waals surface area contributed by atoms with Crippen LogP contribution < -0.4 is 20.1 Å². The van der Waals surface area contributed by atoms with Gasteiger partial charge >= 0.3 is 0 Å². The molecule has 0 aromatic heterocycles. The summed E-state index contributed by atoms with van der Waals surface area (Å²) >= 11 is 0. The molecule has 0 saturated heterocycles. The van der Waals surface area contributed by atoms with E-state index >= 15 is 0 Å². The molecule has 0 atom stereocenters. The van der Waals surface area contributed by atoms with Crippen LogP contribution in [0.3, 0.4) is 0 Å². The molecular weight excluding hydrogens is 520 g/mol. The first-order chi connectivity index (χ1) is 19.9. The van der Waals surface area contributed by atoms with Gasteiger partial charge in [0.1, 0.15) is 17.2 Å². The molecule has 41 heavy (non-hydrogen) atoms. The van der Waals surface area contributed by atoms with Gasteiger partial charge < -0.3 is 25.2 Å². The molecule has 0 radical (unpaired) electrons. The van der Waals surface area contributed by atoms with Gasteiger partial charge in [-0.2, -0.15) is 5.11 Å². The SMILES string of the molecule is COc1ccc(NC(=O)c2cccc(N=Nc3c(O)c(C(=O)Nc4cccc(OC)c4)cc4ccccc34)c2)cc1. The third-order valence-corrected chi connectivity index (χ3v) is 6.29. The monoisotopic (exact) mass is 546 g/mol. The molecule has 0 aliphatic rings. The third-order valence-electron chi connectivity index (χ3n) is 6.29. The maximum absolute atomic E-state index is 13.2. The Morgan fingerprint density at radius 2 is 1.41 bits per heavy atom. The van der Waals surface area contributed by atoms with Crippen molar-refractivity contribution in [1.29, 1.82) is 0 Å². The topological polar surface area (TPSA) is 122 Å². The van der Waals surface area contributed by atoms with Gasteiger partial charge in [-0.05, 0) is 66.0 Å². The van der Waals surface area contributed by atoms with Gasteiger partial charge in [-0.25, -0.2) is 0 Å². The van der Waals surface area contributed by atoms with E-state index in [1.54, 1.807) is 98.1 Å². The number of amides is 2. The van der Waals surface area contributed by atoms with E-state index in [0.717, 1.165) is 0 Å². The van der Waals surface area contributed by atoms with Crippen molar-refractivity contribution < 1.29 is 24.2 Å². The predicted molar refractivity (Wildman–Crippen MR) is 158 cm³/mol. The van der Waals surface area contributed by atoms with E-state index < -0.39 is 5.91 Å². The Labute approximate surface area is 236 Å². The molecular formula is C32H26N4O5. The van der Waals surface area contributed by atoms with Gasteiger partial charge in [0.2, 0.25) is 0 Å². The lowest BCUT2D eigenvalue weighted by Gasteiger charge is -2.12. The summed E-state index contributed by atoms with van der Waals surface area (Å²) in [5, 5.41) is 26.7. The Morgan fingerprint density at radius 1 is 0.683 bits per heavy atom. The second kappa shape index (κ2) is 12.0. The summed E-state index contributed by atoms with van der Waals surface area (Å²) in [6, 6.07) is 29.4. The first kappa shape index (κ1) is 26.9. The first-order valence-electron chi connectivity index (χ1n) is 12.6. The van der Waals surface area contributed by atoms with Crippen molar-refractivity contribution in [2.24, 2.45) is 10.2 Å². The number of hydrogen-bond acceptors (Lipinski definition) is 7. The lowest BCUT2D eigenvalue weighted by molar-refractivity contribution is 0.101. The number of aromatic hydroxyl groups is 1. The second-order valence-electron chi connectivity index (χ2n) is 8.96. The number of carbonyl (C=O) groups is 2. The van der Waals surface area contributed by atoms with Crippen LogP contribution in [0, 0.1) is 0 Å². The average molecular weight is 547 g/mol. The summed E-state index contributed by atoms with van der Waals surface area (Å²) in [5.41, 5.74) is 2.05. The summed E-state index contributed by atoms with van der Waals surface area (Å²) in [5.74, 6) is 0.107. The lowest BCUT2D eigenvalue weighted by atomic mass is 10.0. The molecule has 5 aromatic rings. The molecule has 0 unspecified atom stereocenters. The van der Waals surface area contributed by atoms with Gasteiger partial charge in [0.25, 0.3) is 11.8 Å². The van der Waals surface area contributed by atoms with Crippen LogP contribution in [0.5, 0.6) is 17.2 Å². The molecule has 0 aliphatic heterocycles. The first-order valence-corrected chi connectivity index (χ1v) is 12.6. The quantitative estimate of drug-likeness (QED) is 0.174. The van der Waals surface area contributed by atoms with Crippen molar-refractivity contribution in [1.82, 2.24) is 0 Å². The zero-order valence-corrected chi connectivity index (χ0v) is 22.3. The van der Waals surface area contributed by atoms with Crippen LogP contribution in [-0.4, -0.2) is 31.1 Å². The molecule has 9 heteroatoms. The minimum Gasteiger partial charge on any atom is -0.505 e. The average Bonchev–Trinajstić information content (AvgIpc) is 3.01. The van der Waals surface area contributed by atoms with E-state index in [9.17, 15) is 14.7 Å². The van der Waals surface area contributed by atoms with Gasteiger partial charge in [-0.3, -0.25) is 9.59 Å². The van der Waals surface area contributed by atoms with Crippen molar-refractivity contribution in [2.45, 2.75) is 0 Å². The number of fused-ring (bicyclic) bond motifs is 1. The Kier molecular flexibility index (Phi) is 7.87. The highest BCUT2D eigenvalue weighted by Crippen LogP contribution is 2.39. The Balaban J connectivity index is 1.43. The standard InChI is InChI=1S/C32H26N4O5/c1-40-25-15-13-22(14-16-25)33-31(38)21-8-5-10-24(17-21)35-36-29-27-12-4-3-7-20(27)18-28(30(29)37)32(39)34-23-9-6-11-26(19-23)41-2/h3-19,37H,1-2H3,(H,33,38)(H,34,39). The second-order valence-corrected chi connectivity index (χ2v) is 8.96. The number of nitrogens with zero attached hydrogens (tertiary/aromatic N) is 2. The maximum atomic E-state index is 13.2. The van der Waals surface area contributed by atoms with Crippen molar-refractivity contribution in [3.63, 3.8) is 0 Å². The summed E-state index contributed by atoms with van der Waals surface area (Å²) in [4.78, 5) is 26.0. The van der Waals surface area contributed by atoms with Crippen LogP contribution in [0.15, 0.2) is 113 Å². The van der Waals surface area contributed by atoms with E-state index in [0.29, 0.717) is 44.9 Å². The molecule has 0 saturated carbocycles. The molecule has 9 nitrogen and oxygen atoms in total. The minimum absolute atomic E-state index is 0.0353. The molecule has 2 amide bonds. The Bertz CT molecular complexity index is 1770. The number of phenolic OH excluding ortho intramolecular Hbond substituents is 1. The number of methoxy groups -OCH3 is 2. The van der Waals surface area contributed by atoms with Crippen LogP contribution in [0.4, 0.5) is 22.7 Å². The number of phenols is 1. The number of azo groups is 1. The molecule has 0 bridgehead atoms. The molecule has 0 heterocycles. The molecule has 0 fully saturated rings. The number of rotatable bonds is 8. The van der Waals surface area contributed by atoms with E-state index in [1.807, 2.05) is 12.1 Å². The van der Waals surface area contributed by atoms with Crippen LogP contribution >= 0.6 is 0 Å². The fraction of sp³-hybridized carbons (Fsp3) is 0.0625. The Hall–Kier alpha value is -5.70. The number of ether oxygens (including phenoxy) is 2. The summed E-state index contributed by atoms with van der Waals surface area (Å²) in [6.07, 6.45) is 0. The zero-order valence-electron chi connectivity index (χ0n) is 22.3. The smallest absolute Gasteiger partial charge is 0.259 e. The predicted octanol–water partition coefficient (Wildman–Crippen LogP) is 7.48. The van der Waals surface area contributed by atoms with E-state index in [1.165, 1.54) is 7.11 Å². The van der Waals surface area contributed by atoms with Crippen LogP contribution in [0.25, 0.3) is 10.8 Å². The van der Waals surface area contributed by atoms with E-state index in [4.69, 9.17) is 9.47 Å². The molecule has 3 N–H and O–H groups in total. The van der Waals surface area contributed by atoms with Crippen molar-refractivity contribution in [3.8, 4) is 17.2 Å². The Morgan fingerprint density at radius 3 is 2.20 bits per heavy atom. The zero-order chi connectivity index (χ0) is 28.8. The van der Waals surface area contributed by atoms with Crippen molar-refractivity contribution in [3.05, 3.63) is 114 Å². The number of carbonyl (C=O) groups excluding carboxylic acids is 2. The van der Waals surface area contributed by atoms with Crippen molar-refractivity contribution >= 4 is 45.3 Å². The van der Waals surface area contributed by atoms with Crippen LogP contribution in [0.1, 0.15) is 20.7 Å². The molecule has 0 spiro atoms. The van der Waals surface area contributed by atoms with E-state index in [-0.39, 0.29) is 22.9 Å². The normalized spacial score (nSPS) is 10.9. The van der Waals surface area contributed by atoms with Gasteiger partial charge in [0.15, 0.2) is 5.75 Å². The summed E-state index contributed by atoms with van der Waals surface area (Å²) < 4.78 is 10.4. The third kappa shape index (κ3) is 6.15. The molecule has 5 aromatic carbocycles. The summed E-state index contributed by atoms with van der Waals surface area (Å²) in [6.45, 7) is 0. The fourth-order valence-electron chi connectivity index (χ4n) is 4.19. The van der Waals surface area contributed by atoms with Gasteiger partial charge in [0.05, 0.1) is 25.5 Å².